The minimum absolute atomic E-state index is 0.238. The lowest BCUT2D eigenvalue weighted by Crippen LogP contribution is -2.13. The number of anilines is 1. The summed E-state index contributed by atoms with van der Waals surface area (Å²) in [5.74, 6) is 7.82. The molecule has 18 heavy (non-hydrogen) atoms. The molecule has 0 atom stereocenters. The topological polar surface area (TPSA) is 81.7 Å². The number of aryl methyl sites for hydroxylation is 1. The Bertz CT molecular complexity index is 558. The Morgan fingerprint density at radius 1 is 1.28 bits per heavy atom. The predicted molar refractivity (Wildman–Crippen MR) is 70.5 cm³/mol. The molecule has 6 nitrogen and oxygen atoms in total. The Hall–Kier alpha value is -1.95. The van der Waals surface area contributed by atoms with E-state index in [1.807, 2.05) is 32.3 Å². The quantitative estimate of drug-likeness (QED) is 0.636. The molecular formula is C12H18N6. The van der Waals surface area contributed by atoms with E-state index in [0.29, 0.717) is 5.82 Å². The predicted octanol–water partition coefficient (Wildman–Crippen LogP) is 1.69. The molecule has 2 rings (SSSR count). The van der Waals surface area contributed by atoms with E-state index in [1.165, 1.54) is 0 Å². The lowest BCUT2D eigenvalue weighted by molar-refractivity contribution is 0.760. The van der Waals surface area contributed by atoms with Gasteiger partial charge in [0.1, 0.15) is 23.8 Å². The van der Waals surface area contributed by atoms with Gasteiger partial charge in [0.05, 0.1) is 5.69 Å². The Labute approximate surface area is 106 Å². The summed E-state index contributed by atoms with van der Waals surface area (Å²) in [6.07, 6.45) is 1.76. The van der Waals surface area contributed by atoms with Gasteiger partial charge in [-0.05, 0) is 13.8 Å². The first-order valence-electron chi connectivity index (χ1n) is 5.89. The molecule has 0 saturated heterocycles. The number of nitrogens with zero attached hydrogens (tertiary/aromatic N) is 4. The Kier molecular flexibility index (Phi) is 3.29. The second-order valence-corrected chi connectivity index (χ2v) is 4.55. The van der Waals surface area contributed by atoms with E-state index in [2.05, 4.69) is 20.4 Å². The maximum atomic E-state index is 5.44. The highest BCUT2D eigenvalue weighted by molar-refractivity contribution is 5.42. The summed E-state index contributed by atoms with van der Waals surface area (Å²) in [5.41, 5.74) is 4.62. The van der Waals surface area contributed by atoms with Crippen molar-refractivity contribution in [1.82, 2.24) is 19.5 Å². The van der Waals surface area contributed by atoms with Crippen LogP contribution in [0.3, 0.4) is 0 Å². The van der Waals surface area contributed by atoms with E-state index in [1.54, 1.807) is 12.4 Å². The van der Waals surface area contributed by atoms with Crippen molar-refractivity contribution in [3.8, 4) is 5.82 Å². The molecule has 96 valence electrons. The number of hydrogen-bond acceptors (Lipinski definition) is 5. The molecule has 0 aliphatic carbocycles. The van der Waals surface area contributed by atoms with Crippen molar-refractivity contribution in [3.63, 3.8) is 0 Å². The summed E-state index contributed by atoms with van der Waals surface area (Å²) in [7, 11) is 0. The Balaban J connectivity index is 2.56. The first kappa shape index (κ1) is 12.5. The zero-order valence-electron chi connectivity index (χ0n) is 11.1. The summed E-state index contributed by atoms with van der Waals surface area (Å²) >= 11 is 0. The van der Waals surface area contributed by atoms with Gasteiger partial charge in [0, 0.05) is 17.7 Å². The molecular weight excluding hydrogens is 228 g/mol. The average molecular weight is 246 g/mol. The number of hydrazine groups is 1. The van der Waals surface area contributed by atoms with Crippen molar-refractivity contribution in [2.45, 2.75) is 33.6 Å². The van der Waals surface area contributed by atoms with Crippen LogP contribution in [-0.2, 0) is 0 Å². The van der Waals surface area contributed by atoms with Gasteiger partial charge in [-0.15, -0.1) is 0 Å². The van der Waals surface area contributed by atoms with Gasteiger partial charge in [-0.3, -0.25) is 4.57 Å². The van der Waals surface area contributed by atoms with E-state index in [9.17, 15) is 0 Å². The maximum Gasteiger partial charge on any atom is 0.145 e. The molecule has 0 spiro atoms. The van der Waals surface area contributed by atoms with Gasteiger partial charge < -0.3 is 5.43 Å². The van der Waals surface area contributed by atoms with E-state index in [-0.39, 0.29) is 5.92 Å². The largest absolute Gasteiger partial charge is 0.308 e. The van der Waals surface area contributed by atoms with Crippen LogP contribution in [0.1, 0.15) is 37.0 Å². The van der Waals surface area contributed by atoms with Crippen LogP contribution >= 0.6 is 0 Å². The lowest BCUT2D eigenvalue weighted by Gasteiger charge is -2.11. The van der Waals surface area contributed by atoms with Gasteiger partial charge in [-0.25, -0.2) is 20.8 Å². The normalized spacial score (nSPS) is 11.0. The minimum Gasteiger partial charge on any atom is -0.308 e. The van der Waals surface area contributed by atoms with Crippen LogP contribution < -0.4 is 11.3 Å². The number of hydrogen-bond donors (Lipinski definition) is 2. The Morgan fingerprint density at radius 3 is 2.50 bits per heavy atom. The van der Waals surface area contributed by atoms with E-state index in [4.69, 9.17) is 5.84 Å². The highest BCUT2D eigenvalue weighted by Crippen LogP contribution is 2.18. The third-order valence-corrected chi connectivity index (χ3v) is 2.89. The molecule has 2 heterocycles. The molecule has 0 radical (unpaired) electrons. The van der Waals surface area contributed by atoms with Crippen LogP contribution in [-0.4, -0.2) is 19.5 Å². The van der Waals surface area contributed by atoms with Crippen molar-refractivity contribution in [1.29, 1.82) is 0 Å². The monoisotopic (exact) mass is 246 g/mol. The molecule has 0 bridgehead atoms. The highest BCUT2D eigenvalue weighted by atomic mass is 15.3. The van der Waals surface area contributed by atoms with Crippen molar-refractivity contribution >= 4 is 5.82 Å². The standard InChI is InChI=1S/C12H18N6/c1-7(2)12-15-10(17-13)5-11(16-12)18-6-14-8(3)9(18)4/h5-7H,13H2,1-4H3,(H,15,16,17). The zero-order chi connectivity index (χ0) is 13.3. The zero-order valence-corrected chi connectivity index (χ0v) is 11.1. The van der Waals surface area contributed by atoms with Crippen LogP contribution in [0.2, 0.25) is 0 Å². The summed E-state index contributed by atoms with van der Waals surface area (Å²) in [5, 5.41) is 0. The second kappa shape index (κ2) is 4.73. The molecule has 0 aliphatic heterocycles. The number of nitrogens with one attached hydrogen (secondary N) is 1. The minimum atomic E-state index is 0.238. The SMILES string of the molecule is Cc1ncn(-c2cc(NN)nc(C(C)C)n2)c1C. The van der Waals surface area contributed by atoms with Crippen LogP contribution in [0, 0.1) is 13.8 Å². The number of nitrogens with two attached hydrogens (primary N) is 1. The van der Waals surface area contributed by atoms with E-state index < -0.39 is 0 Å². The second-order valence-electron chi connectivity index (χ2n) is 4.55. The fraction of sp³-hybridized carbons (Fsp3) is 0.417. The lowest BCUT2D eigenvalue weighted by atomic mass is 10.2. The molecule has 0 aliphatic rings. The van der Waals surface area contributed by atoms with Gasteiger partial charge in [-0.1, -0.05) is 13.8 Å². The summed E-state index contributed by atoms with van der Waals surface area (Å²) in [6.45, 7) is 8.07. The maximum absolute atomic E-state index is 5.44. The molecule has 0 unspecified atom stereocenters. The van der Waals surface area contributed by atoms with E-state index in [0.717, 1.165) is 23.0 Å². The molecule has 0 aromatic carbocycles. The van der Waals surface area contributed by atoms with Crippen molar-refractivity contribution < 1.29 is 0 Å². The van der Waals surface area contributed by atoms with Gasteiger partial charge in [0.2, 0.25) is 0 Å². The molecule has 0 amide bonds. The smallest absolute Gasteiger partial charge is 0.145 e. The van der Waals surface area contributed by atoms with Gasteiger partial charge in [0.25, 0.3) is 0 Å². The molecule has 6 heteroatoms. The number of imidazole rings is 1. The third kappa shape index (κ3) is 2.19. The first-order valence-corrected chi connectivity index (χ1v) is 5.89. The van der Waals surface area contributed by atoms with Crippen molar-refractivity contribution in [3.05, 3.63) is 29.6 Å². The number of aromatic nitrogens is 4. The summed E-state index contributed by atoms with van der Waals surface area (Å²) < 4.78 is 1.93. The third-order valence-electron chi connectivity index (χ3n) is 2.89. The fourth-order valence-corrected chi connectivity index (χ4v) is 1.64. The van der Waals surface area contributed by atoms with Gasteiger partial charge in [0.15, 0.2) is 0 Å². The average Bonchev–Trinajstić information content (AvgIpc) is 2.69. The van der Waals surface area contributed by atoms with Crippen LogP contribution in [0.5, 0.6) is 0 Å². The first-order chi connectivity index (χ1) is 8.52. The molecule has 0 fully saturated rings. The van der Waals surface area contributed by atoms with Crippen molar-refractivity contribution in [2.75, 3.05) is 5.43 Å². The van der Waals surface area contributed by atoms with Gasteiger partial charge in [-0.2, -0.15) is 0 Å². The summed E-state index contributed by atoms with van der Waals surface area (Å²) in [4.78, 5) is 13.1. The highest BCUT2D eigenvalue weighted by Gasteiger charge is 2.11. The number of rotatable bonds is 3. The Morgan fingerprint density at radius 2 is 2.00 bits per heavy atom. The summed E-state index contributed by atoms with van der Waals surface area (Å²) in [6, 6.07) is 1.81. The molecule has 2 aromatic rings. The van der Waals surface area contributed by atoms with E-state index >= 15 is 0 Å². The molecule has 2 aromatic heterocycles. The number of nitrogen functional groups attached to an aromatic ring is 1. The van der Waals surface area contributed by atoms with Crippen LogP contribution in [0.25, 0.3) is 5.82 Å². The molecule has 0 saturated carbocycles. The van der Waals surface area contributed by atoms with Gasteiger partial charge >= 0.3 is 0 Å². The molecule has 3 N–H and O–H groups in total. The van der Waals surface area contributed by atoms with Crippen LogP contribution in [0.15, 0.2) is 12.4 Å². The fourth-order valence-electron chi connectivity index (χ4n) is 1.64. The van der Waals surface area contributed by atoms with Crippen LogP contribution in [0.4, 0.5) is 5.82 Å². The van der Waals surface area contributed by atoms with Crippen molar-refractivity contribution in [2.24, 2.45) is 5.84 Å².